The highest BCUT2D eigenvalue weighted by Gasteiger charge is 2.36. The number of rotatable bonds is 2. The molecule has 4 nitrogen and oxygen atoms in total. The van der Waals surface area contributed by atoms with E-state index in [0.717, 1.165) is 37.8 Å². The first-order chi connectivity index (χ1) is 9.49. The molecular weight excluding hydrogens is 323 g/mol. The molecule has 2 aromatic rings. The molecule has 0 aliphatic heterocycles. The molecule has 1 aromatic heterocycles. The van der Waals surface area contributed by atoms with E-state index in [1.807, 2.05) is 0 Å². The maximum absolute atomic E-state index is 13.8. The van der Waals surface area contributed by atoms with Crippen LogP contribution >= 0.6 is 24.0 Å². The van der Waals surface area contributed by atoms with Gasteiger partial charge in [-0.3, -0.25) is 0 Å². The Morgan fingerprint density at radius 2 is 1.86 bits per heavy atom. The largest absolute Gasteiger partial charge is 0.334 e. The third kappa shape index (κ3) is 2.88. The lowest BCUT2D eigenvalue weighted by Gasteiger charge is -2.17. The van der Waals surface area contributed by atoms with E-state index < -0.39 is 17.2 Å². The van der Waals surface area contributed by atoms with Gasteiger partial charge in [0.25, 0.3) is 5.89 Å². The number of nitrogens with two attached hydrogens (primary N) is 1. The third-order valence-corrected chi connectivity index (χ3v) is 3.90. The molecule has 1 saturated carbocycles. The summed E-state index contributed by atoms with van der Waals surface area (Å²) >= 11 is 5.50. The molecule has 0 bridgehead atoms. The first kappa shape index (κ1) is 16.1. The summed E-state index contributed by atoms with van der Waals surface area (Å²) in [5, 5.41) is 3.51. The Hall–Kier alpha value is -1.24. The standard InChI is InChI=1S/C13H12ClF2N3O.ClH/c14-8-6-9(15)7(5-10(8)16)11-18-12(19-20-11)13(17)3-1-2-4-13;/h5-6H,1-4,17H2;1H. The summed E-state index contributed by atoms with van der Waals surface area (Å²) in [5.41, 5.74) is 5.44. The summed E-state index contributed by atoms with van der Waals surface area (Å²) in [6.45, 7) is 0. The van der Waals surface area contributed by atoms with E-state index in [1.54, 1.807) is 0 Å². The highest BCUT2D eigenvalue weighted by Crippen LogP contribution is 2.36. The Morgan fingerprint density at radius 3 is 2.52 bits per heavy atom. The van der Waals surface area contributed by atoms with Crippen LogP contribution in [0.1, 0.15) is 31.5 Å². The van der Waals surface area contributed by atoms with Crippen molar-refractivity contribution < 1.29 is 13.3 Å². The Bertz CT molecular complexity index is 657. The zero-order valence-electron chi connectivity index (χ0n) is 10.9. The summed E-state index contributed by atoms with van der Waals surface area (Å²) in [5.74, 6) is -1.22. The maximum Gasteiger partial charge on any atom is 0.261 e. The van der Waals surface area contributed by atoms with Crippen LogP contribution in [0, 0.1) is 11.6 Å². The molecule has 0 unspecified atom stereocenters. The molecule has 2 N–H and O–H groups in total. The van der Waals surface area contributed by atoms with Crippen LogP contribution in [0.2, 0.25) is 5.02 Å². The van der Waals surface area contributed by atoms with Crippen LogP contribution in [0.4, 0.5) is 8.78 Å². The summed E-state index contributed by atoms with van der Waals surface area (Å²) < 4.78 is 32.2. The van der Waals surface area contributed by atoms with Crippen molar-refractivity contribution in [2.45, 2.75) is 31.2 Å². The average molecular weight is 336 g/mol. The fourth-order valence-corrected chi connectivity index (χ4v) is 2.60. The number of nitrogens with zero attached hydrogens (tertiary/aromatic N) is 2. The zero-order chi connectivity index (χ0) is 14.3. The second-order valence-electron chi connectivity index (χ2n) is 5.03. The lowest BCUT2D eigenvalue weighted by molar-refractivity contribution is 0.372. The lowest BCUT2D eigenvalue weighted by Crippen LogP contribution is -2.34. The molecule has 3 rings (SSSR count). The molecule has 114 valence electrons. The van der Waals surface area contributed by atoms with Gasteiger partial charge in [-0.05, 0) is 25.0 Å². The van der Waals surface area contributed by atoms with Crippen LogP contribution in [0.5, 0.6) is 0 Å². The topological polar surface area (TPSA) is 64.9 Å². The van der Waals surface area contributed by atoms with Crippen LogP contribution in [0.25, 0.3) is 11.5 Å². The van der Waals surface area contributed by atoms with Crippen molar-refractivity contribution >= 4 is 24.0 Å². The van der Waals surface area contributed by atoms with Gasteiger partial charge < -0.3 is 10.3 Å². The van der Waals surface area contributed by atoms with Gasteiger partial charge in [0.1, 0.15) is 11.6 Å². The van der Waals surface area contributed by atoms with Gasteiger partial charge in [-0.15, -0.1) is 12.4 Å². The highest BCUT2D eigenvalue weighted by atomic mass is 35.5. The zero-order valence-corrected chi connectivity index (χ0v) is 12.5. The van der Waals surface area contributed by atoms with Crippen molar-refractivity contribution in [3.8, 4) is 11.5 Å². The fourth-order valence-electron chi connectivity index (χ4n) is 2.45. The van der Waals surface area contributed by atoms with Crippen LogP contribution < -0.4 is 5.73 Å². The van der Waals surface area contributed by atoms with E-state index in [0.29, 0.717) is 5.82 Å². The van der Waals surface area contributed by atoms with Crippen molar-refractivity contribution in [1.29, 1.82) is 0 Å². The molecule has 0 atom stereocenters. The van der Waals surface area contributed by atoms with Gasteiger partial charge in [0, 0.05) is 0 Å². The summed E-state index contributed by atoms with van der Waals surface area (Å²) in [7, 11) is 0. The highest BCUT2D eigenvalue weighted by molar-refractivity contribution is 6.30. The number of halogens is 4. The molecule has 8 heteroatoms. The van der Waals surface area contributed by atoms with E-state index in [9.17, 15) is 8.78 Å². The molecular formula is C13H13Cl2F2N3O. The van der Waals surface area contributed by atoms with Gasteiger partial charge in [0.15, 0.2) is 5.82 Å². The number of hydrogen-bond acceptors (Lipinski definition) is 4. The smallest absolute Gasteiger partial charge is 0.261 e. The lowest BCUT2D eigenvalue weighted by atomic mass is 9.99. The summed E-state index contributed by atoms with van der Waals surface area (Å²) in [6.07, 6.45) is 3.49. The number of benzene rings is 1. The molecule has 1 aliphatic rings. The van der Waals surface area contributed by atoms with Crippen molar-refractivity contribution in [3.05, 3.63) is 34.6 Å². The van der Waals surface area contributed by atoms with Gasteiger partial charge in [-0.1, -0.05) is 29.6 Å². The van der Waals surface area contributed by atoms with E-state index in [1.165, 1.54) is 0 Å². The van der Waals surface area contributed by atoms with Crippen LogP contribution in [0.15, 0.2) is 16.7 Å². The minimum absolute atomic E-state index is 0. The molecule has 1 fully saturated rings. The monoisotopic (exact) mass is 335 g/mol. The second-order valence-corrected chi connectivity index (χ2v) is 5.44. The quantitative estimate of drug-likeness (QED) is 0.847. The van der Waals surface area contributed by atoms with E-state index in [-0.39, 0.29) is 28.9 Å². The van der Waals surface area contributed by atoms with Gasteiger partial charge in [0.05, 0.1) is 16.1 Å². The van der Waals surface area contributed by atoms with Crippen molar-refractivity contribution in [2.24, 2.45) is 5.73 Å². The Labute approximate surface area is 131 Å². The number of hydrogen-bond donors (Lipinski definition) is 1. The van der Waals surface area contributed by atoms with Crippen LogP contribution in [0.3, 0.4) is 0 Å². The van der Waals surface area contributed by atoms with Crippen molar-refractivity contribution in [2.75, 3.05) is 0 Å². The fraction of sp³-hybridized carbons (Fsp3) is 0.385. The molecule has 0 saturated heterocycles. The molecule has 1 aliphatic carbocycles. The summed E-state index contributed by atoms with van der Waals surface area (Å²) in [6, 6.07) is 1.82. The minimum Gasteiger partial charge on any atom is -0.334 e. The van der Waals surface area contributed by atoms with E-state index >= 15 is 0 Å². The van der Waals surface area contributed by atoms with Gasteiger partial charge in [-0.25, -0.2) is 8.78 Å². The van der Waals surface area contributed by atoms with Crippen LogP contribution in [-0.4, -0.2) is 10.1 Å². The third-order valence-electron chi connectivity index (χ3n) is 3.61. The predicted molar refractivity (Wildman–Crippen MR) is 76.2 cm³/mol. The first-order valence-corrected chi connectivity index (χ1v) is 6.65. The Kier molecular flexibility index (Phi) is 4.51. The Morgan fingerprint density at radius 1 is 1.19 bits per heavy atom. The average Bonchev–Trinajstić information content (AvgIpc) is 3.03. The SMILES string of the molecule is Cl.NC1(c2noc(-c3cc(F)c(Cl)cc3F)n2)CCCC1. The van der Waals surface area contributed by atoms with Crippen LogP contribution in [-0.2, 0) is 5.54 Å². The molecule has 1 aromatic carbocycles. The second kappa shape index (κ2) is 5.87. The number of aromatic nitrogens is 2. The minimum atomic E-state index is -0.744. The Balaban J connectivity index is 0.00000161. The molecule has 21 heavy (non-hydrogen) atoms. The van der Waals surface area contributed by atoms with Gasteiger partial charge >= 0.3 is 0 Å². The normalized spacial score (nSPS) is 16.8. The van der Waals surface area contributed by atoms with Crippen molar-refractivity contribution in [3.63, 3.8) is 0 Å². The molecule has 1 heterocycles. The van der Waals surface area contributed by atoms with E-state index in [4.69, 9.17) is 21.9 Å². The van der Waals surface area contributed by atoms with Gasteiger partial charge in [-0.2, -0.15) is 4.98 Å². The summed E-state index contributed by atoms with van der Waals surface area (Å²) in [4.78, 5) is 4.11. The van der Waals surface area contributed by atoms with Gasteiger partial charge in [0.2, 0.25) is 0 Å². The van der Waals surface area contributed by atoms with Crippen molar-refractivity contribution in [1.82, 2.24) is 10.1 Å². The molecule has 0 amide bonds. The molecule has 0 radical (unpaired) electrons. The predicted octanol–water partition coefficient (Wildman–Crippen LogP) is 3.82. The molecule has 0 spiro atoms. The maximum atomic E-state index is 13.8. The van der Waals surface area contributed by atoms with E-state index in [2.05, 4.69) is 10.1 Å². The first-order valence-electron chi connectivity index (χ1n) is 6.27.